The average molecular weight is 596 g/mol. The van der Waals surface area contributed by atoms with Gasteiger partial charge in [-0.25, -0.2) is 0 Å². The zero-order valence-corrected chi connectivity index (χ0v) is 24.3. The smallest absolute Gasteiger partial charge is 0.261 e. The van der Waals surface area contributed by atoms with Crippen molar-refractivity contribution < 1.29 is 9.22 Å². The third-order valence-corrected chi connectivity index (χ3v) is 11.8. The van der Waals surface area contributed by atoms with Crippen molar-refractivity contribution in [2.24, 2.45) is 0 Å². The number of amides is 1. The summed E-state index contributed by atoms with van der Waals surface area (Å²) in [6.07, 6.45) is 3.86. The number of carbonyl (C=O) groups excluding carboxylic acids is 1. The van der Waals surface area contributed by atoms with Gasteiger partial charge in [0.05, 0.1) is 12.3 Å². The van der Waals surface area contributed by atoms with E-state index >= 15 is 0 Å². The molecule has 3 aromatic carbocycles. The van der Waals surface area contributed by atoms with Gasteiger partial charge in [0, 0.05) is 9.14 Å². The normalized spacial score (nSPS) is 12.2. The van der Waals surface area contributed by atoms with Crippen LogP contribution in [-0.2, 0) is 9.22 Å². The highest BCUT2D eigenvalue weighted by Gasteiger charge is 2.50. The molecule has 0 saturated heterocycles. The number of halogens is 1. The SMILES string of the molecule is CC(C)=C/C=C(/CO[Si](c1ccccc1)(c1ccccc1)C(C)(C)C)C(=O)Nc1ccccc1I. The van der Waals surface area contributed by atoms with Crippen molar-refractivity contribution in [1.29, 1.82) is 0 Å². The van der Waals surface area contributed by atoms with Gasteiger partial charge < -0.3 is 9.74 Å². The molecule has 0 heterocycles. The lowest BCUT2D eigenvalue weighted by molar-refractivity contribution is -0.113. The van der Waals surface area contributed by atoms with Gasteiger partial charge in [-0.15, -0.1) is 0 Å². The molecule has 1 N–H and O–H groups in total. The molecule has 0 atom stereocenters. The molecule has 5 heteroatoms. The first-order valence-electron chi connectivity index (χ1n) is 11.8. The number of nitrogens with one attached hydrogen (secondary N) is 1. The van der Waals surface area contributed by atoms with Crippen LogP contribution in [0.1, 0.15) is 34.6 Å². The molecule has 0 aromatic heterocycles. The second-order valence-electron chi connectivity index (χ2n) is 9.82. The topological polar surface area (TPSA) is 38.3 Å². The highest BCUT2D eigenvalue weighted by Crippen LogP contribution is 2.37. The number of hydrogen-bond acceptors (Lipinski definition) is 2. The Balaban J connectivity index is 2.05. The van der Waals surface area contributed by atoms with Crippen molar-refractivity contribution in [3.05, 3.63) is 112 Å². The Kier molecular flexibility index (Phi) is 9.27. The first-order chi connectivity index (χ1) is 16.6. The second kappa shape index (κ2) is 12.0. The molecule has 0 radical (unpaired) electrons. The van der Waals surface area contributed by atoms with Crippen LogP contribution in [0.5, 0.6) is 0 Å². The second-order valence-corrected chi connectivity index (χ2v) is 15.3. The molecule has 3 aromatic rings. The minimum Gasteiger partial charge on any atom is -0.403 e. The van der Waals surface area contributed by atoms with Crippen LogP contribution in [0.4, 0.5) is 5.69 Å². The van der Waals surface area contributed by atoms with Crippen molar-refractivity contribution in [1.82, 2.24) is 0 Å². The van der Waals surface area contributed by atoms with Crippen molar-refractivity contribution in [3.8, 4) is 0 Å². The lowest BCUT2D eigenvalue weighted by Gasteiger charge is -2.43. The lowest BCUT2D eigenvalue weighted by Crippen LogP contribution is -2.66. The minimum atomic E-state index is -2.76. The van der Waals surface area contributed by atoms with Gasteiger partial charge in [0.25, 0.3) is 14.2 Å². The highest BCUT2D eigenvalue weighted by molar-refractivity contribution is 14.1. The zero-order chi connectivity index (χ0) is 25.5. The quantitative estimate of drug-likeness (QED) is 0.136. The van der Waals surface area contributed by atoms with Crippen molar-refractivity contribution in [2.45, 2.75) is 39.7 Å². The van der Waals surface area contributed by atoms with Crippen LogP contribution in [0.25, 0.3) is 0 Å². The third-order valence-electron chi connectivity index (χ3n) is 5.89. The Bertz CT molecular complexity index is 1150. The molecule has 0 saturated carbocycles. The molecule has 0 spiro atoms. The molecule has 35 heavy (non-hydrogen) atoms. The summed E-state index contributed by atoms with van der Waals surface area (Å²) in [5.41, 5.74) is 2.51. The minimum absolute atomic E-state index is 0.149. The summed E-state index contributed by atoms with van der Waals surface area (Å²) in [6, 6.07) is 28.8. The summed E-state index contributed by atoms with van der Waals surface area (Å²) in [7, 11) is -2.76. The standard InChI is InChI=1S/C30H34INO2Si/c1-23(2)20-21-24(29(33)32-28-19-13-12-18-27(28)31)22-34-35(30(3,4)5,25-14-8-6-9-15-25)26-16-10-7-11-17-26/h6-21H,22H2,1-5H3,(H,32,33)/b24-21-. The predicted molar refractivity (Wildman–Crippen MR) is 159 cm³/mol. The molecule has 0 fully saturated rings. The van der Waals surface area contributed by atoms with Crippen molar-refractivity contribution >= 4 is 52.9 Å². The summed E-state index contributed by atoms with van der Waals surface area (Å²) in [6.45, 7) is 11.0. The number of para-hydroxylation sites is 1. The van der Waals surface area contributed by atoms with E-state index in [1.165, 1.54) is 10.4 Å². The van der Waals surface area contributed by atoms with E-state index in [4.69, 9.17) is 4.43 Å². The van der Waals surface area contributed by atoms with E-state index in [0.29, 0.717) is 5.57 Å². The van der Waals surface area contributed by atoms with Gasteiger partial charge in [0.2, 0.25) is 0 Å². The number of allylic oxidation sites excluding steroid dienone is 3. The van der Waals surface area contributed by atoms with Gasteiger partial charge in [-0.2, -0.15) is 0 Å². The number of benzene rings is 3. The van der Waals surface area contributed by atoms with E-state index < -0.39 is 8.32 Å². The van der Waals surface area contributed by atoms with Crippen LogP contribution in [0.15, 0.2) is 108 Å². The van der Waals surface area contributed by atoms with E-state index in [0.717, 1.165) is 14.8 Å². The van der Waals surface area contributed by atoms with Crippen molar-refractivity contribution in [2.75, 3.05) is 11.9 Å². The summed E-state index contributed by atoms with van der Waals surface area (Å²) in [4.78, 5) is 13.4. The molecule has 0 aliphatic carbocycles. The molecule has 0 bridgehead atoms. The van der Waals surface area contributed by atoms with Crippen molar-refractivity contribution in [3.63, 3.8) is 0 Å². The number of rotatable bonds is 8. The first-order valence-corrected chi connectivity index (χ1v) is 14.8. The van der Waals surface area contributed by atoms with Gasteiger partial charge in [0.1, 0.15) is 0 Å². The Hall–Kier alpha value is -2.48. The molecule has 0 unspecified atom stereocenters. The van der Waals surface area contributed by atoms with E-state index in [1.54, 1.807) is 0 Å². The van der Waals surface area contributed by atoms with E-state index in [9.17, 15) is 4.79 Å². The predicted octanol–water partition coefficient (Wildman–Crippen LogP) is 6.70. The summed E-state index contributed by atoms with van der Waals surface area (Å²) in [5, 5.41) is 5.30. The van der Waals surface area contributed by atoms with Gasteiger partial charge in [0.15, 0.2) is 0 Å². The monoisotopic (exact) mass is 595 g/mol. The maximum Gasteiger partial charge on any atom is 0.261 e. The molecule has 182 valence electrons. The number of hydrogen-bond donors (Lipinski definition) is 1. The van der Waals surface area contributed by atoms with E-state index in [1.807, 2.05) is 62.4 Å². The summed E-state index contributed by atoms with van der Waals surface area (Å²) in [5.74, 6) is -0.149. The fourth-order valence-electron chi connectivity index (χ4n) is 4.17. The van der Waals surface area contributed by atoms with Gasteiger partial charge in [-0.1, -0.05) is 111 Å². The van der Waals surface area contributed by atoms with E-state index in [2.05, 4.69) is 97.2 Å². The van der Waals surface area contributed by atoms with Gasteiger partial charge >= 0.3 is 0 Å². The van der Waals surface area contributed by atoms with Crippen LogP contribution in [0.2, 0.25) is 5.04 Å². The van der Waals surface area contributed by atoms with Crippen LogP contribution in [0, 0.1) is 3.57 Å². The Morgan fingerprint density at radius 2 is 1.37 bits per heavy atom. The molecule has 3 nitrogen and oxygen atoms in total. The van der Waals surface area contributed by atoms with Crippen LogP contribution in [-0.4, -0.2) is 20.8 Å². The van der Waals surface area contributed by atoms with Crippen LogP contribution < -0.4 is 15.7 Å². The zero-order valence-electron chi connectivity index (χ0n) is 21.1. The van der Waals surface area contributed by atoms with E-state index in [-0.39, 0.29) is 17.6 Å². The molecule has 0 aliphatic heterocycles. The molecular weight excluding hydrogens is 561 g/mol. The first kappa shape index (κ1) is 27.1. The number of anilines is 1. The molecular formula is C30H34INO2Si. The summed E-state index contributed by atoms with van der Waals surface area (Å²) < 4.78 is 8.02. The average Bonchev–Trinajstić information content (AvgIpc) is 2.83. The maximum atomic E-state index is 13.4. The number of carbonyl (C=O) groups is 1. The molecule has 1 amide bonds. The largest absolute Gasteiger partial charge is 0.403 e. The van der Waals surface area contributed by atoms with Crippen LogP contribution in [0.3, 0.4) is 0 Å². The summed E-state index contributed by atoms with van der Waals surface area (Å²) >= 11 is 2.24. The fraction of sp³-hybridized carbons (Fsp3) is 0.233. The van der Waals surface area contributed by atoms with Gasteiger partial charge in [-0.3, -0.25) is 4.79 Å². The lowest BCUT2D eigenvalue weighted by atomic mass is 10.2. The highest BCUT2D eigenvalue weighted by atomic mass is 127. The fourth-order valence-corrected chi connectivity index (χ4v) is 9.22. The Morgan fingerprint density at radius 3 is 1.86 bits per heavy atom. The Labute approximate surface area is 224 Å². The van der Waals surface area contributed by atoms with Crippen LogP contribution >= 0.6 is 22.6 Å². The van der Waals surface area contributed by atoms with Gasteiger partial charge in [-0.05, 0) is 64.0 Å². The molecule has 0 aliphatic rings. The molecule has 3 rings (SSSR count). The maximum absolute atomic E-state index is 13.4. The third kappa shape index (κ3) is 6.60. The Morgan fingerprint density at radius 1 is 0.857 bits per heavy atom.